The molecule has 0 aliphatic heterocycles. The van der Waals surface area contributed by atoms with Crippen LogP contribution in [-0.4, -0.2) is 55.4 Å². The minimum Gasteiger partial charge on any atom is -0.225 e. The van der Waals surface area contributed by atoms with E-state index in [1.807, 2.05) is 0 Å². The largest absolute Gasteiger partial charge is 0.460 e. The molecule has 0 fully saturated rings. The number of alkyl halides is 17. The molecule has 3 nitrogen and oxygen atoms in total. The molecule has 0 spiro atoms. The number of hydrogen-bond donors (Lipinski definition) is 1. The molecule has 0 aromatic carbocycles. The van der Waals surface area contributed by atoms with Gasteiger partial charge in [-0.05, 0) is 0 Å². The normalized spacial score (nSPS) is 18.6. The monoisotopic (exact) mass is 499 g/mol. The van der Waals surface area contributed by atoms with Gasteiger partial charge in [-0.1, -0.05) is 0 Å². The molecule has 0 saturated carbocycles. The second-order valence-corrected chi connectivity index (χ2v) is 6.66. The fraction of sp³-hybridized carbons (Fsp3) is 1.00. The second kappa shape index (κ2) is 6.36. The summed E-state index contributed by atoms with van der Waals surface area (Å²) in [5, 5.41) is -4.74. The molecule has 0 amide bonds. The van der Waals surface area contributed by atoms with Crippen molar-refractivity contribution in [2.24, 2.45) is 5.14 Å². The summed E-state index contributed by atoms with van der Waals surface area (Å²) in [6, 6.07) is 0. The van der Waals surface area contributed by atoms with E-state index in [0.29, 0.717) is 0 Å². The van der Waals surface area contributed by atoms with Crippen molar-refractivity contribution in [3.63, 3.8) is 0 Å². The maximum atomic E-state index is 13.5. The third-order valence-electron chi connectivity index (χ3n) is 3.09. The summed E-state index contributed by atoms with van der Waals surface area (Å²) in [5.41, 5.74) is 0. The zero-order chi connectivity index (χ0) is 24.5. The maximum Gasteiger partial charge on any atom is 0.460 e. The molecule has 0 saturated heterocycles. The first-order valence-corrected chi connectivity index (χ1v) is 7.28. The topological polar surface area (TPSA) is 60.2 Å². The fourth-order valence-electron chi connectivity index (χ4n) is 1.49. The second-order valence-electron chi connectivity index (χ2n) is 5.01. The zero-order valence-electron chi connectivity index (χ0n) is 12.2. The first kappa shape index (κ1) is 27.7. The first-order chi connectivity index (χ1) is 12.0. The lowest BCUT2D eigenvalue weighted by Crippen LogP contribution is -2.76. The predicted octanol–water partition coefficient (Wildman–Crippen LogP) is 4.24. The van der Waals surface area contributed by atoms with Crippen LogP contribution in [0.15, 0.2) is 0 Å². The van der Waals surface area contributed by atoms with E-state index in [-0.39, 0.29) is 0 Å². The number of rotatable bonds is 6. The highest BCUT2D eigenvalue weighted by Gasteiger charge is 2.96. The molecule has 0 radical (unpaired) electrons. The van der Waals surface area contributed by atoms with Crippen LogP contribution in [0.1, 0.15) is 0 Å². The lowest BCUT2D eigenvalue weighted by molar-refractivity contribution is -0.450. The molecule has 29 heavy (non-hydrogen) atoms. The van der Waals surface area contributed by atoms with Crippen molar-refractivity contribution in [3.05, 3.63) is 0 Å². The summed E-state index contributed by atoms with van der Waals surface area (Å²) in [6.45, 7) is 0. The molecule has 0 rings (SSSR count). The van der Waals surface area contributed by atoms with Crippen molar-refractivity contribution >= 4 is 10.0 Å². The van der Waals surface area contributed by atoms with E-state index < -0.39 is 57.0 Å². The highest BCUT2D eigenvalue weighted by molar-refractivity contribution is 7.90. The maximum absolute atomic E-state index is 13.5. The predicted molar refractivity (Wildman–Crippen MR) is 53.8 cm³/mol. The minimum absolute atomic E-state index is 3.29. The van der Waals surface area contributed by atoms with Crippen molar-refractivity contribution in [2.75, 3.05) is 0 Å². The van der Waals surface area contributed by atoms with Gasteiger partial charge in [0, 0.05) is 0 Å². The number of nitrogens with two attached hydrogens (primary N) is 1. The van der Waals surface area contributed by atoms with Crippen LogP contribution in [-0.2, 0) is 10.0 Å². The van der Waals surface area contributed by atoms with Gasteiger partial charge in [-0.2, -0.15) is 70.2 Å². The van der Waals surface area contributed by atoms with Gasteiger partial charge in [0.05, 0.1) is 0 Å². The molecule has 0 bridgehead atoms. The van der Waals surface area contributed by atoms with Crippen molar-refractivity contribution in [1.82, 2.24) is 0 Å². The summed E-state index contributed by atoms with van der Waals surface area (Å²) in [4.78, 5) is 0. The van der Waals surface area contributed by atoms with Crippen LogP contribution in [0, 0.1) is 0 Å². The standard InChI is InChI=1S/C8H2F17NO2S/c9-1(10,3(13,14)5(17,18)7(20,21)22)2(11,12)4(15,16)6(19,8(23,24)25)29(26,27)28/h(H2,26,27,28). The molecule has 1 unspecified atom stereocenters. The van der Waals surface area contributed by atoms with E-state index >= 15 is 0 Å². The smallest absolute Gasteiger partial charge is 0.225 e. The van der Waals surface area contributed by atoms with E-state index in [0.717, 1.165) is 0 Å². The van der Waals surface area contributed by atoms with Crippen LogP contribution in [0.2, 0.25) is 0 Å². The number of hydrogen-bond acceptors (Lipinski definition) is 2. The van der Waals surface area contributed by atoms with Crippen LogP contribution in [0.5, 0.6) is 0 Å². The summed E-state index contributed by atoms with van der Waals surface area (Å²) in [7, 11) is -7.84. The van der Waals surface area contributed by atoms with E-state index in [2.05, 4.69) is 5.14 Å². The van der Waals surface area contributed by atoms with Gasteiger partial charge in [0.15, 0.2) is 0 Å². The van der Waals surface area contributed by atoms with Gasteiger partial charge in [0.1, 0.15) is 0 Å². The minimum atomic E-state index is -8.85. The molecule has 0 aliphatic rings. The highest BCUT2D eigenvalue weighted by Crippen LogP contribution is 2.64. The van der Waals surface area contributed by atoms with E-state index in [4.69, 9.17) is 0 Å². The Morgan fingerprint density at radius 2 is 0.655 bits per heavy atom. The molecule has 0 aromatic rings. The molecular formula is C8H2F17NO2S. The van der Waals surface area contributed by atoms with Crippen LogP contribution in [0.4, 0.5) is 74.6 Å². The molecular weight excluding hydrogens is 497 g/mol. The Morgan fingerprint density at radius 3 is 0.862 bits per heavy atom. The average molecular weight is 499 g/mol. The lowest BCUT2D eigenvalue weighted by Gasteiger charge is -2.43. The molecule has 21 heteroatoms. The van der Waals surface area contributed by atoms with Crippen molar-refractivity contribution in [1.29, 1.82) is 0 Å². The number of halogens is 17. The molecule has 2 N–H and O–H groups in total. The van der Waals surface area contributed by atoms with Gasteiger partial charge in [0.2, 0.25) is 0 Å². The van der Waals surface area contributed by atoms with Gasteiger partial charge in [-0.15, -0.1) is 0 Å². The van der Waals surface area contributed by atoms with Gasteiger partial charge in [0.25, 0.3) is 10.0 Å². The van der Waals surface area contributed by atoms with Crippen LogP contribution < -0.4 is 5.14 Å². The van der Waals surface area contributed by atoms with E-state index in [1.165, 1.54) is 0 Å². The molecule has 0 aromatic heterocycles. The fourth-order valence-corrected chi connectivity index (χ4v) is 2.30. The number of sulfonamides is 1. The molecule has 176 valence electrons. The van der Waals surface area contributed by atoms with Gasteiger partial charge < -0.3 is 0 Å². The van der Waals surface area contributed by atoms with Crippen molar-refractivity contribution < 1.29 is 83.1 Å². The van der Waals surface area contributed by atoms with Crippen molar-refractivity contribution in [2.45, 2.75) is 47.0 Å². The van der Waals surface area contributed by atoms with E-state index in [1.54, 1.807) is 0 Å². The Balaban J connectivity index is 7.12. The van der Waals surface area contributed by atoms with Crippen LogP contribution in [0.3, 0.4) is 0 Å². The van der Waals surface area contributed by atoms with Crippen LogP contribution >= 0.6 is 0 Å². The average Bonchev–Trinajstić information content (AvgIpc) is 2.41. The Labute approximate surface area is 146 Å². The van der Waals surface area contributed by atoms with Gasteiger partial charge in [-0.25, -0.2) is 17.9 Å². The summed E-state index contributed by atoms with van der Waals surface area (Å²) in [6.07, 6.45) is -15.8. The Morgan fingerprint density at radius 1 is 0.414 bits per heavy atom. The third kappa shape index (κ3) is 3.26. The molecule has 1 atom stereocenters. The quantitative estimate of drug-likeness (QED) is 0.557. The summed E-state index contributed by atoms with van der Waals surface area (Å²) < 4.78 is 237. The Bertz CT molecular complexity index is 734. The number of primary sulfonamides is 1. The van der Waals surface area contributed by atoms with Crippen LogP contribution in [0.25, 0.3) is 0 Å². The summed E-state index contributed by atoms with van der Waals surface area (Å²) >= 11 is 0. The first-order valence-electron chi connectivity index (χ1n) is 5.74. The zero-order valence-corrected chi connectivity index (χ0v) is 13.0. The van der Waals surface area contributed by atoms with Crippen molar-refractivity contribution in [3.8, 4) is 0 Å². The SMILES string of the molecule is NS(=O)(=O)C(F)(C(F)(F)F)C(F)(F)C(F)(F)C(F)(F)C(F)(F)C(F)(F)C(F)(F)F. The Kier molecular flexibility index (Phi) is 6.08. The lowest BCUT2D eigenvalue weighted by atomic mass is 9.91. The highest BCUT2D eigenvalue weighted by atomic mass is 32.2. The Hall–Kier alpha value is -1.28. The third-order valence-corrected chi connectivity index (χ3v) is 4.37. The van der Waals surface area contributed by atoms with Gasteiger partial charge >= 0.3 is 47.0 Å². The summed E-state index contributed by atoms with van der Waals surface area (Å²) in [5.74, 6) is -43.3. The van der Waals surface area contributed by atoms with E-state index in [9.17, 15) is 83.1 Å². The van der Waals surface area contributed by atoms with Gasteiger partial charge in [-0.3, -0.25) is 0 Å². The molecule has 0 heterocycles. The molecule has 0 aliphatic carbocycles.